The average Bonchev–Trinajstić information content (AvgIpc) is 3.03. The molecule has 1 heterocycles. The molecule has 0 saturated carbocycles. The highest BCUT2D eigenvalue weighted by Crippen LogP contribution is 2.44. The summed E-state index contributed by atoms with van der Waals surface area (Å²) in [5.41, 5.74) is 10.1. The summed E-state index contributed by atoms with van der Waals surface area (Å²) in [5, 5.41) is 2.77. The first-order valence-electron chi connectivity index (χ1n) is 12.8. The van der Waals surface area contributed by atoms with Crippen LogP contribution in [0.5, 0.6) is 11.5 Å². The fourth-order valence-corrected chi connectivity index (χ4v) is 4.90. The number of carbonyl (C=O) groups is 3. The highest BCUT2D eigenvalue weighted by Gasteiger charge is 2.37. The van der Waals surface area contributed by atoms with E-state index >= 15 is 0 Å². The number of hydrogen-bond acceptors (Lipinski definition) is 5. The van der Waals surface area contributed by atoms with Crippen molar-refractivity contribution < 1.29 is 19.1 Å². The fraction of sp³-hybridized carbons (Fsp3) is 0.156. The second kappa shape index (κ2) is 10.8. The number of rotatable bonds is 6. The smallest absolute Gasteiger partial charge is 0.256 e. The lowest BCUT2D eigenvalue weighted by atomic mass is 9.92. The fourth-order valence-electron chi connectivity index (χ4n) is 4.90. The van der Waals surface area contributed by atoms with Gasteiger partial charge in [-0.1, -0.05) is 66.7 Å². The van der Waals surface area contributed by atoms with Crippen LogP contribution in [0.25, 0.3) is 11.1 Å². The Morgan fingerprint density at radius 3 is 2.41 bits per heavy atom. The summed E-state index contributed by atoms with van der Waals surface area (Å²) in [6.07, 6.45) is -0.0000471. The maximum atomic E-state index is 13.8. The van der Waals surface area contributed by atoms with Gasteiger partial charge in [0.15, 0.2) is 0 Å². The third-order valence-corrected chi connectivity index (χ3v) is 6.87. The van der Waals surface area contributed by atoms with E-state index in [2.05, 4.69) is 5.32 Å². The van der Waals surface area contributed by atoms with E-state index < -0.39 is 17.9 Å². The zero-order valence-electron chi connectivity index (χ0n) is 21.8. The van der Waals surface area contributed by atoms with Crippen molar-refractivity contribution in [2.45, 2.75) is 32.2 Å². The van der Waals surface area contributed by atoms with Gasteiger partial charge >= 0.3 is 0 Å². The largest absolute Gasteiger partial charge is 0.457 e. The van der Waals surface area contributed by atoms with E-state index in [4.69, 9.17) is 10.5 Å². The molecule has 7 nitrogen and oxygen atoms in total. The highest BCUT2D eigenvalue weighted by molar-refractivity contribution is 6.22. The van der Waals surface area contributed by atoms with Gasteiger partial charge in [-0.15, -0.1) is 0 Å². The molecule has 0 bridgehead atoms. The van der Waals surface area contributed by atoms with Crippen LogP contribution in [0.3, 0.4) is 0 Å². The number of nitrogens with zero attached hydrogens (tertiary/aromatic N) is 1. The molecule has 1 aliphatic heterocycles. The lowest BCUT2D eigenvalue weighted by Gasteiger charge is -2.26. The topological polar surface area (TPSA) is 102 Å². The zero-order chi connectivity index (χ0) is 27.5. The third-order valence-electron chi connectivity index (χ3n) is 6.87. The number of fused-ring (bicyclic) bond motifs is 3. The Kier molecular flexibility index (Phi) is 7.14. The Labute approximate surface area is 227 Å². The van der Waals surface area contributed by atoms with Gasteiger partial charge in [-0.3, -0.25) is 14.4 Å². The number of nitrogens with one attached hydrogen (secondary N) is 1. The number of hydrogen-bond donors (Lipinski definition) is 2. The van der Waals surface area contributed by atoms with E-state index in [1.807, 2.05) is 66.7 Å². The number of para-hydroxylation sites is 2. The molecule has 3 amide bonds. The summed E-state index contributed by atoms with van der Waals surface area (Å²) in [5.74, 6) is -0.653. The lowest BCUT2D eigenvalue weighted by molar-refractivity contribution is -0.131. The van der Waals surface area contributed by atoms with E-state index in [0.717, 1.165) is 16.0 Å². The van der Waals surface area contributed by atoms with Crippen LogP contribution in [0.15, 0.2) is 97.1 Å². The van der Waals surface area contributed by atoms with E-state index in [0.29, 0.717) is 34.0 Å². The summed E-state index contributed by atoms with van der Waals surface area (Å²) in [6.45, 7) is 3.35. The second-order valence-electron chi connectivity index (χ2n) is 9.55. The molecular formula is C32H29N3O4. The number of benzene rings is 4. The molecule has 1 unspecified atom stereocenters. The van der Waals surface area contributed by atoms with Crippen LogP contribution in [0.2, 0.25) is 0 Å². The van der Waals surface area contributed by atoms with E-state index in [1.54, 1.807) is 44.2 Å². The molecule has 2 atom stereocenters. The van der Waals surface area contributed by atoms with Gasteiger partial charge in [-0.25, -0.2) is 4.90 Å². The number of carbonyl (C=O) groups excluding carboxylic acids is 3. The summed E-state index contributed by atoms with van der Waals surface area (Å²) in [4.78, 5) is 41.6. The zero-order valence-corrected chi connectivity index (χ0v) is 21.8. The minimum absolute atomic E-state index is 0.0000471. The number of nitrogens with two attached hydrogens (primary N) is 1. The van der Waals surface area contributed by atoms with E-state index in [1.165, 1.54) is 0 Å². The number of anilines is 2. The molecule has 4 aromatic rings. The molecule has 0 fully saturated rings. The molecule has 0 aromatic heterocycles. The Bertz CT molecular complexity index is 1550. The van der Waals surface area contributed by atoms with Crippen molar-refractivity contribution in [1.29, 1.82) is 0 Å². The number of imide groups is 1. The summed E-state index contributed by atoms with van der Waals surface area (Å²) in [6, 6.07) is 28.3. The van der Waals surface area contributed by atoms with Gasteiger partial charge in [0, 0.05) is 16.8 Å². The van der Waals surface area contributed by atoms with Gasteiger partial charge < -0.3 is 15.8 Å². The Morgan fingerprint density at radius 2 is 1.62 bits per heavy atom. The minimum atomic E-state index is -0.966. The molecule has 196 valence electrons. The van der Waals surface area contributed by atoms with Crippen LogP contribution in [0.1, 0.15) is 30.9 Å². The molecule has 0 radical (unpaired) electrons. The van der Waals surface area contributed by atoms with Gasteiger partial charge in [-0.05, 0) is 55.3 Å². The lowest BCUT2D eigenvalue weighted by Crippen LogP contribution is -2.50. The predicted molar refractivity (Wildman–Crippen MR) is 151 cm³/mol. The second-order valence-corrected chi connectivity index (χ2v) is 9.55. The molecule has 4 aromatic carbocycles. The maximum Gasteiger partial charge on any atom is 0.256 e. The molecule has 39 heavy (non-hydrogen) atoms. The third kappa shape index (κ3) is 5.11. The van der Waals surface area contributed by atoms with Crippen LogP contribution < -0.4 is 20.7 Å². The number of ether oxygens (including phenoxy) is 1. The number of nitrogen functional groups attached to an aromatic ring is 1. The van der Waals surface area contributed by atoms with E-state index in [9.17, 15) is 14.4 Å². The quantitative estimate of drug-likeness (QED) is 0.330. The highest BCUT2D eigenvalue weighted by atomic mass is 16.5. The van der Waals surface area contributed by atoms with Crippen LogP contribution in [-0.2, 0) is 20.8 Å². The van der Waals surface area contributed by atoms with Crippen molar-refractivity contribution >= 4 is 29.1 Å². The van der Waals surface area contributed by atoms with Crippen molar-refractivity contribution in [1.82, 2.24) is 5.32 Å². The average molecular weight is 520 g/mol. The molecule has 0 aliphatic carbocycles. The van der Waals surface area contributed by atoms with Crippen molar-refractivity contribution in [3.63, 3.8) is 0 Å². The Morgan fingerprint density at radius 1 is 0.923 bits per heavy atom. The maximum absolute atomic E-state index is 13.8. The molecule has 0 saturated heterocycles. The van der Waals surface area contributed by atoms with Crippen LogP contribution in [0, 0.1) is 0 Å². The molecular weight excluding hydrogens is 490 g/mol. The van der Waals surface area contributed by atoms with Gasteiger partial charge in [-0.2, -0.15) is 0 Å². The first kappa shape index (κ1) is 25.7. The summed E-state index contributed by atoms with van der Waals surface area (Å²) >= 11 is 0. The summed E-state index contributed by atoms with van der Waals surface area (Å²) in [7, 11) is 0. The van der Waals surface area contributed by atoms with Crippen molar-refractivity contribution in [3.05, 3.63) is 108 Å². The molecule has 1 aliphatic rings. The SMILES string of the molecule is CC1C(=O)N(C(=O)[C@H](C)NC(=O)Cc2ccccc2Oc2ccccc2)c2cccc(N)c2-c2ccccc21. The molecule has 5 rings (SSSR count). The van der Waals surface area contributed by atoms with Crippen molar-refractivity contribution in [2.24, 2.45) is 0 Å². The molecule has 7 heteroatoms. The Balaban J connectivity index is 1.38. The Hall–Kier alpha value is -4.91. The van der Waals surface area contributed by atoms with Gasteiger partial charge in [0.2, 0.25) is 11.8 Å². The summed E-state index contributed by atoms with van der Waals surface area (Å²) < 4.78 is 5.97. The first-order valence-corrected chi connectivity index (χ1v) is 12.8. The van der Waals surface area contributed by atoms with Gasteiger partial charge in [0.25, 0.3) is 5.91 Å². The molecule has 3 N–H and O–H groups in total. The standard InChI is InChI=1S/C32H29N3O4/c1-20-24-14-7-8-15-25(24)30-26(33)16-10-17-27(30)35(31(20)37)32(38)21(2)34-29(36)19-22-11-6-9-18-28(22)39-23-12-4-3-5-13-23/h3-18,20-21H,19,33H2,1-2H3,(H,34,36)/t20?,21-/m0/s1. The van der Waals surface area contributed by atoms with Crippen molar-refractivity contribution in [2.75, 3.05) is 10.6 Å². The normalized spacial score (nSPS) is 15.0. The number of amides is 3. The predicted octanol–water partition coefficient (Wildman–Crippen LogP) is 5.45. The van der Waals surface area contributed by atoms with Gasteiger partial charge in [0.1, 0.15) is 17.5 Å². The molecule has 0 spiro atoms. The van der Waals surface area contributed by atoms with Crippen LogP contribution >= 0.6 is 0 Å². The van der Waals surface area contributed by atoms with E-state index in [-0.39, 0.29) is 18.2 Å². The van der Waals surface area contributed by atoms with Crippen LogP contribution in [-0.4, -0.2) is 23.8 Å². The van der Waals surface area contributed by atoms with Crippen molar-refractivity contribution in [3.8, 4) is 22.6 Å². The monoisotopic (exact) mass is 519 g/mol. The van der Waals surface area contributed by atoms with Gasteiger partial charge in [0.05, 0.1) is 18.0 Å². The first-order chi connectivity index (χ1) is 18.8. The minimum Gasteiger partial charge on any atom is -0.457 e. The van der Waals surface area contributed by atoms with Crippen LogP contribution in [0.4, 0.5) is 11.4 Å².